The minimum Gasteiger partial charge on any atom is -0.490 e. The topological polar surface area (TPSA) is 148 Å². The molecule has 4 saturated carbocycles. The number of carbonyl (C=O) groups is 3. The summed E-state index contributed by atoms with van der Waals surface area (Å²) in [5.74, 6) is 0.341. The number of aldehydes is 1. The van der Waals surface area contributed by atoms with Crippen LogP contribution in [-0.4, -0.2) is 53.7 Å². The van der Waals surface area contributed by atoms with Gasteiger partial charge in [-0.15, -0.1) is 0 Å². The van der Waals surface area contributed by atoms with Crippen molar-refractivity contribution in [2.24, 2.45) is 16.6 Å². The van der Waals surface area contributed by atoms with Gasteiger partial charge < -0.3 is 30.7 Å². The van der Waals surface area contributed by atoms with E-state index < -0.39 is 11.9 Å². The number of nitrogens with one attached hydrogen (secondary N) is 1. The number of nitrogens with two attached hydrogens (primary N) is 1. The highest BCUT2D eigenvalue weighted by Gasteiger charge is 2.38. The highest BCUT2D eigenvalue weighted by atomic mass is 16.5. The standard InChI is InChI=1S/C25H33NO3.C22H26O2.C3H7NO2.CH4/c27-24(28)10-15-26-18-19-4-5-21-17-23(7-6-20(21)16-19)29-22-8-13-25(14-9-22)11-2-1-3-12-25;23-16-17-4-5-19-15-21(7-6-18(19)14-17)24-20-8-12-22(13-9-20)10-2-1-3-11-22;4-2-1-3(5)6;/h4-7,16-17,22,26H,1-3,8-15,18H2,(H,27,28);4-7,14-16,20H,1-3,8-13H2;1-2,4H2,(H,5,6);1H4. The number of hydrogen-bond donors (Lipinski definition) is 4. The second kappa shape index (κ2) is 22.9. The van der Waals surface area contributed by atoms with E-state index in [1.54, 1.807) is 0 Å². The van der Waals surface area contributed by atoms with Crippen LogP contribution in [0.1, 0.15) is 152 Å². The lowest BCUT2D eigenvalue weighted by Gasteiger charge is -2.42. The summed E-state index contributed by atoms with van der Waals surface area (Å²) in [7, 11) is 0. The molecule has 0 heterocycles. The average molecular weight is 823 g/mol. The first-order valence-electron chi connectivity index (χ1n) is 22.3. The molecule has 9 heteroatoms. The second-order valence-corrected chi connectivity index (χ2v) is 17.7. The van der Waals surface area contributed by atoms with E-state index in [1.165, 1.54) is 132 Å². The number of hydrogen-bond acceptors (Lipinski definition) is 7. The molecule has 0 aliphatic heterocycles. The summed E-state index contributed by atoms with van der Waals surface area (Å²) in [4.78, 5) is 31.0. The zero-order chi connectivity index (χ0) is 41.5. The van der Waals surface area contributed by atoms with E-state index in [4.69, 9.17) is 25.4 Å². The van der Waals surface area contributed by atoms with Crippen molar-refractivity contribution in [1.29, 1.82) is 0 Å². The Morgan fingerprint density at radius 2 is 1.07 bits per heavy atom. The van der Waals surface area contributed by atoms with Gasteiger partial charge in [-0.05, 0) is 151 Å². The summed E-state index contributed by atoms with van der Waals surface area (Å²) in [6.07, 6.45) is 26.3. The number of carbonyl (C=O) groups excluding carboxylic acids is 1. The fourth-order valence-electron chi connectivity index (χ4n) is 10.0. The van der Waals surface area contributed by atoms with Gasteiger partial charge in [0.25, 0.3) is 0 Å². The quantitative estimate of drug-likeness (QED) is 0.0809. The van der Waals surface area contributed by atoms with Gasteiger partial charge >= 0.3 is 11.9 Å². The van der Waals surface area contributed by atoms with Crippen LogP contribution in [0.15, 0.2) is 72.8 Å². The van der Waals surface area contributed by atoms with Gasteiger partial charge in [0.1, 0.15) is 17.8 Å². The predicted molar refractivity (Wildman–Crippen MR) is 242 cm³/mol. The Kier molecular flexibility index (Phi) is 17.8. The number of benzene rings is 4. The molecule has 4 aliphatic carbocycles. The zero-order valence-corrected chi connectivity index (χ0v) is 34.9. The predicted octanol–water partition coefficient (Wildman–Crippen LogP) is 11.7. The van der Waals surface area contributed by atoms with E-state index in [-0.39, 0.29) is 26.8 Å². The van der Waals surface area contributed by atoms with Gasteiger partial charge in [-0.1, -0.05) is 82.3 Å². The Hall–Kier alpha value is -4.47. The molecular formula is C51H70N2O7. The molecule has 0 unspecified atom stereocenters. The van der Waals surface area contributed by atoms with E-state index >= 15 is 0 Å². The molecule has 9 nitrogen and oxygen atoms in total. The van der Waals surface area contributed by atoms with Crippen LogP contribution >= 0.6 is 0 Å². The van der Waals surface area contributed by atoms with Crippen LogP contribution in [0.25, 0.3) is 21.5 Å². The molecule has 0 aromatic heterocycles. The van der Waals surface area contributed by atoms with E-state index in [0.29, 0.717) is 36.1 Å². The van der Waals surface area contributed by atoms with Crippen LogP contribution in [0.5, 0.6) is 11.5 Å². The van der Waals surface area contributed by atoms with Crippen LogP contribution in [-0.2, 0) is 16.1 Å². The van der Waals surface area contributed by atoms with Gasteiger partial charge in [0.05, 0.1) is 25.0 Å². The zero-order valence-electron chi connectivity index (χ0n) is 34.9. The number of aliphatic carboxylic acids is 2. The Bertz CT molecular complexity index is 1960. The maximum atomic E-state index is 10.9. The summed E-state index contributed by atoms with van der Waals surface area (Å²) in [6.45, 7) is 1.41. The monoisotopic (exact) mass is 823 g/mol. The first-order valence-corrected chi connectivity index (χ1v) is 22.3. The van der Waals surface area contributed by atoms with Gasteiger partial charge in [-0.3, -0.25) is 14.4 Å². The lowest BCUT2D eigenvalue weighted by Crippen LogP contribution is -2.33. The lowest BCUT2D eigenvalue weighted by atomic mass is 9.65. The normalized spacial score (nSPS) is 19.5. The van der Waals surface area contributed by atoms with Crippen LogP contribution in [0.2, 0.25) is 0 Å². The molecule has 0 atom stereocenters. The molecule has 0 amide bonds. The molecule has 4 aliphatic rings. The molecule has 8 rings (SSSR count). The van der Waals surface area contributed by atoms with Crippen molar-refractivity contribution in [2.45, 2.75) is 155 Å². The summed E-state index contributed by atoms with van der Waals surface area (Å²) < 4.78 is 12.6. The molecule has 0 radical (unpaired) electrons. The first kappa shape index (κ1) is 46.6. The van der Waals surface area contributed by atoms with Crippen LogP contribution in [0.4, 0.5) is 0 Å². The van der Waals surface area contributed by atoms with Crippen molar-refractivity contribution < 1.29 is 34.1 Å². The molecule has 60 heavy (non-hydrogen) atoms. The molecule has 0 bridgehead atoms. The third-order valence-electron chi connectivity index (χ3n) is 13.5. The number of ether oxygens (including phenoxy) is 2. The fourth-order valence-corrected chi connectivity index (χ4v) is 10.0. The molecular weight excluding hydrogens is 753 g/mol. The Morgan fingerprint density at radius 3 is 1.52 bits per heavy atom. The average Bonchev–Trinajstić information content (AvgIpc) is 3.25. The minimum absolute atomic E-state index is 0. The smallest absolute Gasteiger partial charge is 0.304 e. The number of fused-ring (bicyclic) bond motifs is 2. The van der Waals surface area contributed by atoms with E-state index in [2.05, 4.69) is 53.8 Å². The number of rotatable bonds is 12. The lowest BCUT2D eigenvalue weighted by molar-refractivity contribution is -0.137. The first-order chi connectivity index (χ1) is 28.6. The van der Waals surface area contributed by atoms with E-state index in [1.807, 2.05) is 24.3 Å². The van der Waals surface area contributed by atoms with Crippen molar-refractivity contribution in [3.63, 3.8) is 0 Å². The Balaban J connectivity index is 0.000000200. The molecule has 2 spiro atoms. The van der Waals surface area contributed by atoms with Gasteiger partial charge in [-0.2, -0.15) is 0 Å². The summed E-state index contributed by atoms with van der Waals surface area (Å²) in [5.41, 5.74) is 8.02. The third-order valence-corrected chi connectivity index (χ3v) is 13.5. The molecule has 5 N–H and O–H groups in total. The van der Waals surface area contributed by atoms with E-state index in [0.717, 1.165) is 34.1 Å². The van der Waals surface area contributed by atoms with E-state index in [9.17, 15) is 14.4 Å². The minimum atomic E-state index is -0.836. The molecule has 326 valence electrons. The highest BCUT2D eigenvalue weighted by molar-refractivity contribution is 5.89. The van der Waals surface area contributed by atoms with Crippen molar-refractivity contribution >= 4 is 39.8 Å². The number of carboxylic acids is 2. The fraction of sp³-hybridized carbons (Fsp3) is 0.549. The van der Waals surface area contributed by atoms with Gasteiger partial charge in [-0.25, -0.2) is 0 Å². The van der Waals surface area contributed by atoms with Crippen LogP contribution in [0.3, 0.4) is 0 Å². The largest absolute Gasteiger partial charge is 0.490 e. The highest BCUT2D eigenvalue weighted by Crippen LogP contribution is 2.49. The molecule has 4 fully saturated rings. The summed E-state index contributed by atoms with van der Waals surface area (Å²) in [6, 6.07) is 24.8. The SMILES string of the molecule is C.NCCC(=O)O.O=C(O)CCNCc1ccc2cc(OC3CCC4(CCCCC4)CC3)ccc2c1.O=Cc1ccc2cc(OC3CCC4(CCCCC4)CC3)ccc2c1. The van der Waals surface area contributed by atoms with Crippen molar-refractivity contribution in [3.8, 4) is 11.5 Å². The van der Waals surface area contributed by atoms with Gasteiger partial charge in [0.2, 0.25) is 0 Å². The van der Waals surface area contributed by atoms with Crippen LogP contribution < -0.4 is 20.5 Å². The van der Waals surface area contributed by atoms with Crippen molar-refractivity contribution in [1.82, 2.24) is 5.32 Å². The molecule has 0 saturated heterocycles. The Morgan fingerprint density at radius 1 is 0.617 bits per heavy atom. The molecule has 4 aromatic carbocycles. The maximum Gasteiger partial charge on any atom is 0.304 e. The van der Waals surface area contributed by atoms with Crippen LogP contribution in [0, 0.1) is 10.8 Å². The molecule has 4 aromatic rings. The van der Waals surface area contributed by atoms with Gasteiger partial charge in [0, 0.05) is 25.2 Å². The second-order valence-electron chi connectivity index (χ2n) is 17.7. The van der Waals surface area contributed by atoms with Gasteiger partial charge in [0.15, 0.2) is 0 Å². The third kappa shape index (κ3) is 13.8. The van der Waals surface area contributed by atoms with Crippen molar-refractivity contribution in [2.75, 3.05) is 13.1 Å². The summed E-state index contributed by atoms with van der Waals surface area (Å²) >= 11 is 0. The Labute approximate surface area is 357 Å². The maximum absolute atomic E-state index is 10.9. The summed E-state index contributed by atoms with van der Waals surface area (Å²) in [5, 5.41) is 24.3. The van der Waals surface area contributed by atoms with Crippen molar-refractivity contribution in [3.05, 3.63) is 83.9 Å². The number of carboxylic acid groups (broad SMARTS) is 2.